The number of benzene rings is 1. The van der Waals surface area contributed by atoms with Crippen molar-refractivity contribution >= 4 is 18.3 Å². The van der Waals surface area contributed by atoms with Crippen LogP contribution < -0.4 is 5.73 Å². The molecule has 1 fully saturated rings. The molecule has 0 aliphatic carbocycles. The monoisotopic (exact) mass is 340 g/mol. The largest absolute Gasteiger partial charge is 0.378 e. The number of nitrogens with two attached hydrogens (primary N) is 1. The first-order chi connectivity index (χ1) is 10.6. The minimum absolute atomic E-state index is 0. The third-order valence-electron chi connectivity index (χ3n) is 4.25. The van der Waals surface area contributed by atoms with Gasteiger partial charge in [0.15, 0.2) is 0 Å². The molecule has 0 spiro atoms. The normalized spacial score (nSPS) is 19.6. The second-order valence-corrected chi connectivity index (χ2v) is 6.14. The molecule has 1 amide bonds. The molecule has 2 unspecified atom stereocenters. The van der Waals surface area contributed by atoms with Crippen molar-refractivity contribution in [2.75, 3.05) is 19.7 Å². The fourth-order valence-corrected chi connectivity index (χ4v) is 2.85. The standard InChI is InChI=1S/C18H28N2O2.ClH/c1-3-13-22-16-5-4-11-20(12-10-16)18(21)17(19)15-8-6-14(2)7-9-15;/h6-9,16-17H,3-5,10-13,19H2,1-2H3;1H. The molecule has 4 nitrogen and oxygen atoms in total. The van der Waals surface area contributed by atoms with Crippen molar-refractivity contribution in [3.63, 3.8) is 0 Å². The maximum Gasteiger partial charge on any atom is 0.244 e. The van der Waals surface area contributed by atoms with Crippen LogP contribution in [0.15, 0.2) is 24.3 Å². The van der Waals surface area contributed by atoms with E-state index in [0.717, 1.165) is 50.9 Å². The van der Waals surface area contributed by atoms with Crippen LogP contribution in [0.2, 0.25) is 0 Å². The zero-order chi connectivity index (χ0) is 15.9. The highest BCUT2D eigenvalue weighted by Gasteiger charge is 2.25. The highest BCUT2D eigenvalue weighted by molar-refractivity contribution is 5.85. The van der Waals surface area contributed by atoms with Gasteiger partial charge in [0.1, 0.15) is 6.04 Å². The molecule has 1 aliphatic rings. The van der Waals surface area contributed by atoms with Crippen LogP contribution in [0.4, 0.5) is 0 Å². The molecule has 2 atom stereocenters. The Morgan fingerprint density at radius 3 is 2.65 bits per heavy atom. The van der Waals surface area contributed by atoms with Gasteiger partial charge in [-0.05, 0) is 38.2 Å². The van der Waals surface area contributed by atoms with Gasteiger partial charge in [-0.3, -0.25) is 4.79 Å². The van der Waals surface area contributed by atoms with E-state index >= 15 is 0 Å². The van der Waals surface area contributed by atoms with E-state index in [2.05, 4.69) is 6.92 Å². The summed E-state index contributed by atoms with van der Waals surface area (Å²) in [5.41, 5.74) is 8.23. The van der Waals surface area contributed by atoms with Gasteiger partial charge in [0.05, 0.1) is 6.10 Å². The molecule has 1 heterocycles. The Hall–Kier alpha value is -1.10. The Balaban J connectivity index is 0.00000264. The van der Waals surface area contributed by atoms with Gasteiger partial charge in [-0.15, -0.1) is 12.4 Å². The van der Waals surface area contributed by atoms with E-state index in [4.69, 9.17) is 10.5 Å². The second-order valence-electron chi connectivity index (χ2n) is 6.14. The number of likely N-dealkylation sites (tertiary alicyclic amines) is 1. The van der Waals surface area contributed by atoms with Gasteiger partial charge in [0.25, 0.3) is 0 Å². The average molecular weight is 341 g/mol. The number of nitrogens with zero attached hydrogens (tertiary/aromatic N) is 1. The van der Waals surface area contributed by atoms with E-state index in [1.54, 1.807) is 0 Å². The smallest absolute Gasteiger partial charge is 0.244 e. The summed E-state index contributed by atoms with van der Waals surface area (Å²) in [6, 6.07) is 7.33. The molecule has 2 N–H and O–H groups in total. The quantitative estimate of drug-likeness (QED) is 0.895. The number of rotatable bonds is 5. The van der Waals surface area contributed by atoms with Crippen molar-refractivity contribution in [1.82, 2.24) is 4.90 Å². The zero-order valence-electron chi connectivity index (χ0n) is 14.2. The number of aryl methyl sites for hydroxylation is 1. The Morgan fingerprint density at radius 2 is 2.00 bits per heavy atom. The summed E-state index contributed by atoms with van der Waals surface area (Å²) in [7, 11) is 0. The van der Waals surface area contributed by atoms with Gasteiger partial charge < -0.3 is 15.4 Å². The van der Waals surface area contributed by atoms with Crippen molar-refractivity contribution in [2.45, 2.75) is 51.7 Å². The van der Waals surface area contributed by atoms with Crippen LogP contribution in [-0.2, 0) is 9.53 Å². The summed E-state index contributed by atoms with van der Waals surface area (Å²) in [5.74, 6) is 0.0278. The molecule has 0 aromatic heterocycles. The second kappa shape index (κ2) is 9.91. The number of halogens is 1. The highest BCUT2D eigenvalue weighted by atomic mass is 35.5. The van der Waals surface area contributed by atoms with Crippen LogP contribution in [0.5, 0.6) is 0 Å². The lowest BCUT2D eigenvalue weighted by atomic mass is 10.0. The summed E-state index contributed by atoms with van der Waals surface area (Å²) in [4.78, 5) is 14.5. The van der Waals surface area contributed by atoms with Gasteiger partial charge >= 0.3 is 0 Å². The average Bonchev–Trinajstić information content (AvgIpc) is 2.78. The molecule has 0 radical (unpaired) electrons. The molecule has 1 aromatic rings. The van der Waals surface area contributed by atoms with Gasteiger partial charge in [-0.25, -0.2) is 0 Å². The number of hydrogen-bond acceptors (Lipinski definition) is 3. The van der Waals surface area contributed by atoms with Crippen molar-refractivity contribution in [3.05, 3.63) is 35.4 Å². The first-order valence-electron chi connectivity index (χ1n) is 8.34. The molecule has 0 saturated carbocycles. The Morgan fingerprint density at radius 1 is 1.30 bits per heavy atom. The number of ether oxygens (including phenoxy) is 1. The molecular weight excluding hydrogens is 312 g/mol. The first kappa shape index (κ1) is 19.9. The molecule has 1 aliphatic heterocycles. The minimum Gasteiger partial charge on any atom is -0.378 e. The highest BCUT2D eigenvalue weighted by Crippen LogP contribution is 2.19. The summed E-state index contributed by atoms with van der Waals surface area (Å²) < 4.78 is 5.83. The maximum absolute atomic E-state index is 12.6. The first-order valence-corrected chi connectivity index (χ1v) is 8.34. The lowest BCUT2D eigenvalue weighted by Gasteiger charge is -2.24. The number of carbonyl (C=O) groups is 1. The third kappa shape index (κ3) is 5.79. The van der Waals surface area contributed by atoms with E-state index in [0.29, 0.717) is 0 Å². The summed E-state index contributed by atoms with van der Waals surface area (Å²) in [6.07, 6.45) is 4.25. The van der Waals surface area contributed by atoms with Crippen molar-refractivity contribution < 1.29 is 9.53 Å². The molecule has 0 bridgehead atoms. The number of carbonyl (C=O) groups excluding carboxylic acids is 1. The fraction of sp³-hybridized carbons (Fsp3) is 0.611. The molecule has 5 heteroatoms. The molecule has 1 saturated heterocycles. The third-order valence-corrected chi connectivity index (χ3v) is 4.25. The minimum atomic E-state index is -0.561. The Kier molecular flexibility index (Phi) is 8.59. The number of hydrogen-bond donors (Lipinski definition) is 1. The lowest BCUT2D eigenvalue weighted by Crippen LogP contribution is -2.39. The van der Waals surface area contributed by atoms with Crippen LogP contribution in [0.25, 0.3) is 0 Å². The number of amides is 1. The van der Waals surface area contributed by atoms with Gasteiger partial charge in [0, 0.05) is 19.7 Å². The molecule has 1 aromatic carbocycles. The summed E-state index contributed by atoms with van der Waals surface area (Å²) in [5, 5.41) is 0. The van der Waals surface area contributed by atoms with E-state index in [9.17, 15) is 4.79 Å². The van der Waals surface area contributed by atoms with Crippen LogP contribution in [0.1, 0.15) is 49.8 Å². The van der Waals surface area contributed by atoms with Crippen molar-refractivity contribution in [3.8, 4) is 0 Å². The molecular formula is C18H29ClN2O2. The Labute approximate surface area is 145 Å². The fourth-order valence-electron chi connectivity index (χ4n) is 2.85. The lowest BCUT2D eigenvalue weighted by molar-refractivity contribution is -0.132. The molecule has 130 valence electrons. The Bertz CT molecular complexity index is 478. The van der Waals surface area contributed by atoms with Gasteiger partial charge in [-0.2, -0.15) is 0 Å². The van der Waals surface area contributed by atoms with E-state index in [-0.39, 0.29) is 24.4 Å². The van der Waals surface area contributed by atoms with E-state index in [1.807, 2.05) is 36.1 Å². The zero-order valence-corrected chi connectivity index (χ0v) is 15.0. The van der Waals surface area contributed by atoms with Gasteiger partial charge in [-0.1, -0.05) is 36.8 Å². The van der Waals surface area contributed by atoms with Gasteiger partial charge in [0.2, 0.25) is 5.91 Å². The maximum atomic E-state index is 12.6. The summed E-state index contributed by atoms with van der Waals surface area (Å²) >= 11 is 0. The van der Waals surface area contributed by atoms with Crippen molar-refractivity contribution in [2.24, 2.45) is 5.73 Å². The van der Waals surface area contributed by atoms with Crippen LogP contribution in [0.3, 0.4) is 0 Å². The van der Waals surface area contributed by atoms with Crippen molar-refractivity contribution in [1.29, 1.82) is 0 Å². The SMILES string of the molecule is CCCOC1CCCN(C(=O)C(N)c2ccc(C)cc2)CC1.Cl. The van der Waals surface area contributed by atoms with Crippen LogP contribution in [-0.4, -0.2) is 36.6 Å². The van der Waals surface area contributed by atoms with Crippen LogP contribution >= 0.6 is 12.4 Å². The predicted molar refractivity (Wildman–Crippen MR) is 95.8 cm³/mol. The topological polar surface area (TPSA) is 55.6 Å². The predicted octanol–water partition coefficient (Wildman–Crippen LogP) is 3.22. The van der Waals surface area contributed by atoms with E-state index in [1.165, 1.54) is 5.56 Å². The van der Waals surface area contributed by atoms with E-state index < -0.39 is 6.04 Å². The van der Waals surface area contributed by atoms with Crippen LogP contribution in [0, 0.1) is 6.92 Å². The summed E-state index contributed by atoms with van der Waals surface area (Å²) in [6.45, 7) is 6.48. The molecule has 23 heavy (non-hydrogen) atoms. The molecule has 2 rings (SSSR count).